The highest BCUT2D eigenvalue weighted by Crippen LogP contribution is 2.63. The van der Waals surface area contributed by atoms with Gasteiger partial charge in [-0.05, 0) is 56.0 Å². The van der Waals surface area contributed by atoms with Crippen LogP contribution in [0.3, 0.4) is 0 Å². The molecule has 2 bridgehead atoms. The van der Waals surface area contributed by atoms with E-state index in [-0.39, 0.29) is 17.3 Å². The Hall–Kier alpha value is -2.33. The van der Waals surface area contributed by atoms with E-state index in [0.29, 0.717) is 25.0 Å². The third kappa shape index (κ3) is 2.07. The molecule has 0 aromatic heterocycles. The third-order valence-corrected chi connectivity index (χ3v) is 7.61. The fraction of sp³-hybridized carbons (Fsp3) is 0.458. The van der Waals surface area contributed by atoms with Gasteiger partial charge in [0.2, 0.25) is 0 Å². The predicted molar refractivity (Wildman–Crippen MR) is 106 cm³/mol. The van der Waals surface area contributed by atoms with Crippen molar-refractivity contribution in [2.75, 3.05) is 13.6 Å². The lowest BCUT2D eigenvalue weighted by Gasteiger charge is -2.57. The second kappa shape index (κ2) is 5.84. The lowest BCUT2D eigenvalue weighted by atomic mass is 9.52. The lowest BCUT2D eigenvalue weighted by Crippen LogP contribution is -2.65. The number of carbonyl (C=O) groups is 1. The molecule has 2 aliphatic carbocycles. The van der Waals surface area contributed by atoms with Crippen LogP contribution in [0.2, 0.25) is 0 Å². The van der Waals surface area contributed by atoms with E-state index in [0.717, 1.165) is 42.9 Å². The molecule has 0 amide bonds. The van der Waals surface area contributed by atoms with Crippen molar-refractivity contribution < 1.29 is 14.3 Å². The Kier molecular flexibility index (Phi) is 3.46. The van der Waals surface area contributed by atoms with Gasteiger partial charge in [0.05, 0.1) is 0 Å². The first kappa shape index (κ1) is 16.6. The minimum atomic E-state index is -0.321. The van der Waals surface area contributed by atoms with Gasteiger partial charge < -0.3 is 14.4 Å². The van der Waals surface area contributed by atoms with Crippen LogP contribution in [0.1, 0.15) is 36.0 Å². The Bertz CT molecular complexity index is 956. The molecule has 6 rings (SSSR count). The number of hydrogen-bond donors (Lipinski definition) is 0. The fourth-order valence-electron chi connectivity index (χ4n) is 6.36. The van der Waals surface area contributed by atoms with Gasteiger partial charge in [-0.3, -0.25) is 4.79 Å². The molecule has 144 valence electrons. The highest BCUT2D eigenvalue weighted by molar-refractivity contribution is 5.89. The number of carbonyl (C=O) groups excluding carboxylic acids is 1. The summed E-state index contributed by atoms with van der Waals surface area (Å²) in [5.41, 5.74) is 3.65. The van der Waals surface area contributed by atoms with E-state index < -0.39 is 0 Å². The van der Waals surface area contributed by atoms with Gasteiger partial charge in [-0.15, -0.1) is 0 Å². The van der Waals surface area contributed by atoms with Crippen molar-refractivity contribution in [1.29, 1.82) is 0 Å². The second-order valence-corrected chi connectivity index (χ2v) is 8.85. The van der Waals surface area contributed by atoms with Crippen LogP contribution in [0.25, 0.3) is 0 Å². The van der Waals surface area contributed by atoms with Crippen molar-refractivity contribution in [2.24, 2.45) is 5.92 Å². The van der Waals surface area contributed by atoms with Crippen molar-refractivity contribution >= 4 is 5.78 Å². The summed E-state index contributed by atoms with van der Waals surface area (Å²) >= 11 is 0. The smallest absolute Gasteiger partial charge is 0.174 e. The Labute approximate surface area is 165 Å². The minimum absolute atomic E-state index is 0.137. The summed E-state index contributed by atoms with van der Waals surface area (Å²) in [7, 11) is 2.24. The first-order chi connectivity index (χ1) is 13.7. The molecule has 0 N–H and O–H groups in total. The molecule has 2 aliphatic heterocycles. The average molecular weight is 375 g/mol. The van der Waals surface area contributed by atoms with Crippen molar-refractivity contribution in [1.82, 2.24) is 4.90 Å². The minimum Gasteiger partial charge on any atom is -0.485 e. The average Bonchev–Trinajstić information content (AvgIpc) is 3.07. The standard InChI is InChI=1S/C24H25NO3/c1-25-12-11-24-17-8-9-19(26)23(24)28-22-20(27-14-15-5-3-2-4-6-15)10-7-16(21(22)24)13-18(17)25/h2-7,10,17-18,23H,8-9,11-14H2,1H3/t17-,18-,23+,24+/m1/s1. The largest absolute Gasteiger partial charge is 0.485 e. The molecule has 1 saturated carbocycles. The van der Waals surface area contributed by atoms with Crippen LogP contribution in [-0.4, -0.2) is 36.4 Å². The van der Waals surface area contributed by atoms with Gasteiger partial charge in [0.15, 0.2) is 23.4 Å². The molecule has 1 saturated heterocycles. The van der Waals surface area contributed by atoms with Crippen LogP contribution < -0.4 is 9.47 Å². The summed E-state index contributed by atoms with van der Waals surface area (Å²) in [4.78, 5) is 15.4. The zero-order valence-electron chi connectivity index (χ0n) is 16.2. The van der Waals surface area contributed by atoms with Gasteiger partial charge >= 0.3 is 0 Å². The molecule has 4 nitrogen and oxygen atoms in total. The maximum absolute atomic E-state index is 12.9. The van der Waals surface area contributed by atoms with E-state index in [9.17, 15) is 4.79 Å². The summed E-state index contributed by atoms with van der Waals surface area (Å²) in [5.74, 6) is 2.42. The van der Waals surface area contributed by atoms with Gasteiger partial charge in [0, 0.05) is 23.4 Å². The quantitative estimate of drug-likeness (QED) is 0.823. The number of nitrogens with zero attached hydrogens (tertiary/aromatic N) is 1. The summed E-state index contributed by atoms with van der Waals surface area (Å²) in [6.07, 6.45) is 3.36. The number of benzene rings is 2. The summed E-state index contributed by atoms with van der Waals surface area (Å²) in [6.45, 7) is 1.54. The molecule has 4 atom stereocenters. The third-order valence-electron chi connectivity index (χ3n) is 7.61. The van der Waals surface area contributed by atoms with Crippen molar-refractivity contribution in [3.8, 4) is 11.5 Å². The fourth-order valence-corrected chi connectivity index (χ4v) is 6.36. The van der Waals surface area contributed by atoms with Gasteiger partial charge in [-0.25, -0.2) is 0 Å². The van der Waals surface area contributed by atoms with E-state index in [1.54, 1.807) is 0 Å². The SMILES string of the molecule is CN1CC[C@]23c4c5ccc(OCc6ccccc6)c4O[C@H]2C(=O)CC[C@@H]3[C@H]1C5. The van der Waals surface area contributed by atoms with E-state index in [2.05, 4.69) is 30.1 Å². The highest BCUT2D eigenvalue weighted by Gasteiger charge is 2.65. The molecule has 1 spiro atoms. The Balaban J connectivity index is 1.45. The summed E-state index contributed by atoms with van der Waals surface area (Å²) in [6, 6.07) is 15.0. The van der Waals surface area contributed by atoms with Crippen LogP contribution in [0.4, 0.5) is 0 Å². The molecule has 4 aliphatic rings. The molecule has 28 heavy (non-hydrogen) atoms. The number of ether oxygens (including phenoxy) is 2. The number of likely N-dealkylation sites (N-methyl/N-ethyl adjacent to an activating group) is 1. The number of likely N-dealkylation sites (tertiary alicyclic amines) is 1. The molecule has 2 aromatic rings. The topological polar surface area (TPSA) is 38.8 Å². The number of hydrogen-bond acceptors (Lipinski definition) is 4. The van der Waals surface area contributed by atoms with Gasteiger partial charge in [0.1, 0.15) is 6.61 Å². The highest BCUT2D eigenvalue weighted by atomic mass is 16.5. The molecular weight excluding hydrogens is 350 g/mol. The van der Waals surface area contributed by atoms with Gasteiger partial charge in [0.25, 0.3) is 0 Å². The molecule has 0 unspecified atom stereocenters. The normalized spacial score (nSPS) is 32.6. The molecule has 2 fully saturated rings. The molecule has 2 heterocycles. The maximum atomic E-state index is 12.9. The van der Waals surface area contributed by atoms with Crippen LogP contribution >= 0.6 is 0 Å². The Morgan fingerprint density at radius 2 is 2.07 bits per heavy atom. The van der Waals surface area contributed by atoms with E-state index in [1.165, 1.54) is 11.1 Å². The number of rotatable bonds is 3. The van der Waals surface area contributed by atoms with Crippen LogP contribution in [0.5, 0.6) is 11.5 Å². The number of piperidine rings is 1. The van der Waals surface area contributed by atoms with Crippen LogP contribution in [0.15, 0.2) is 42.5 Å². The zero-order chi connectivity index (χ0) is 18.9. The number of Topliss-reactive ketones (excluding diaryl/α,β-unsaturated/α-hetero) is 1. The lowest BCUT2D eigenvalue weighted by molar-refractivity contribution is -0.138. The second-order valence-electron chi connectivity index (χ2n) is 8.85. The maximum Gasteiger partial charge on any atom is 0.174 e. The molecule has 4 heteroatoms. The Morgan fingerprint density at radius 3 is 2.93 bits per heavy atom. The zero-order valence-corrected chi connectivity index (χ0v) is 16.2. The van der Waals surface area contributed by atoms with Crippen LogP contribution in [-0.2, 0) is 23.2 Å². The van der Waals surface area contributed by atoms with E-state index in [1.807, 2.05) is 24.3 Å². The first-order valence-corrected chi connectivity index (χ1v) is 10.4. The van der Waals surface area contributed by atoms with Gasteiger partial charge in [-0.2, -0.15) is 0 Å². The van der Waals surface area contributed by atoms with Crippen molar-refractivity contribution in [3.05, 3.63) is 59.2 Å². The van der Waals surface area contributed by atoms with Crippen molar-refractivity contribution in [3.63, 3.8) is 0 Å². The van der Waals surface area contributed by atoms with Crippen molar-refractivity contribution in [2.45, 2.75) is 49.9 Å². The molecule has 2 aromatic carbocycles. The predicted octanol–water partition coefficient (Wildman–Crippen LogP) is 3.50. The van der Waals surface area contributed by atoms with Gasteiger partial charge in [-0.1, -0.05) is 36.4 Å². The summed E-state index contributed by atoms with van der Waals surface area (Å²) in [5, 5.41) is 0. The molecular formula is C24H25NO3. The Morgan fingerprint density at radius 1 is 1.21 bits per heavy atom. The first-order valence-electron chi connectivity index (χ1n) is 10.4. The van der Waals surface area contributed by atoms with Crippen LogP contribution in [0, 0.1) is 5.92 Å². The summed E-state index contributed by atoms with van der Waals surface area (Å²) < 4.78 is 12.7. The molecule has 0 radical (unpaired) electrons. The number of ketones is 1. The monoisotopic (exact) mass is 375 g/mol. The van der Waals surface area contributed by atoms with E-state index in [4.69, 9.17) is 9.47 Å². The van der Waals surface area contributed by atoms with E-state index >= 15 is 0 Å².